The number of carbonyl (C=O) groups is 1. The molecule has 14 heavy (non-hydrogen) atoms. The van der Waals surface area contributed by atoms with Gasteiger partial charge in [-0.05, 0) is 30.3 Å². The first-order chi connectivity index (χ1) is 6.69. The number of nitroso groups, excluding NO2 is 1. The van der Waals surface area contributed by atoms with Gasteiger partial charge < -0.3 is 10.4 Å². The molecular weight excluding hydrogens is 184 g/mol. The van der Waals surface area contributed by atoms with Gasteiger partial charge in [0.05, 0.1) is 5.56 Å². The molecule has 0 saturated carbocycles. The van der Waals surface area contributed by atoms with Crippen LogP contribution in [0.25, 0.3) is 0 Å². The van der Waals surface area contributed by atoms with E-state index in [1.165, 1.54) is 12.1 Å². The molecule has 74 valence electrons. The Labute approximate surface area is 80.7 Å². The van der Waals surface area contributed by atoms with Crippen LogP contribution in [0.15, 0.2) is 23.4 Å². The van der Waals surface area contributed by atoms with Crippen molar-refractivity contribution in [3.8, 4) is 0 Å². The molecule has 0 aliphatic rings. The van der Waals surface area contributed by atoms with Gasteiger partial charge in [-0.2, -0.15) is 0 Å². The Bertz CT molecular complexity index is 363. The minimum atomic E-state index is -1.15. The van der Waals surface area contributed by atoms with E-state index in [1.807, 2.05) is 6.92 Å². The Morgan fingerprint density at radius 2 is 2.29 bits per heavy atom. The molecule has 0 aliphatic heterocycles. The lowest BCUT2D eigenvalue weighted by atomic mass is 10.1. The quantitative estimate of drug-likeness (QED) is 0.720. The number of hydrogen-bond donors (Lipinski definition) is 2. The third-order valence-corrected chi connectivity index (χ3v) is 1.71. The summed E-state index contributed by atoms with van der Waals surface area (Å²) in [6.07, 6.45) is 0. The van der Waals surface area contributed by atoms with Gasteiger partial charge in [-0.3, -0.25) is 0 Å². The van der Waals surface area contributed by atoms with Crippen LogP contribution >= 0.6 is 0 Å². The molecule has 0 heterocycles. The lowest BCUT2D eigenvalue weighted by Crippen LogP contribution is -2.01. The van der Waals surface area contributed by atoms with E-state index in [0.29, 0.717) is 12.2 Å². The van der Waals surface area contributed by atoms with Crippen molar-refractivity contribution < 1.29 is 9.90 Å². The summed E-state index contributed by atoms with van der Waals surface area (Å²) in [7, 11) is 0. The maximum absolute atomic E-state index is 10.7. The predicted octanol–water partition coefficient (Wildman–Crippen LogP) is 2.21. The number of nitrogens with one attached hydrogen (secondary N) is 1. The highest BCUT2D eigenvalue weighted by Crippen LogP contribution is 2.22. The zero-order valence-corrected chi connectivity index (χ0v) is 7.65. The fourth-order valence-corrected chi connectivity index (χ4v) is 1.10. The number of nitrogens with zero attached hydrogens (tertiary/aromatic N) is 1. The van der Waals surface area contributed by atoms with Gasteiger partial charge in [0, 0.05) is 12.2 Å². The second-order valence-corrected chi connectivity index (χ2v) is 2.66. The fourth-order valence-electron chi connectivity index (χ4n) is 1.10. The van der Waals surface area contributed by atoms with E-state index in [0.717, 1.165) is 0 Å². The molecule has 0 bridgehead atoms. The van der Waals surface area contributed by atoms with Gasteiger partial charge in [0.15, 0.2) is 0 Å². The van der Waals surface area contributed by atoms with Gasteiger partial charge >= 0.3 is 5.97 Å². The molecule has 1 aromatic rings. The van der Waals surface area contributed by atoms with Crippen molar-refractivity contribution in [3.05, 3.63) is 28.7 Å². The van der Waals surface area contributed by atoms with Crippen LogP contribution in [0.3, 0.4) is 0 Å². The molecule has 0 radical (unpaired) electrons. The predicted molar refractivity (Wildman–Crippen MR) is 53.0 cm³/mol. The number of benzene rings is 1. The molecule has 1 aromatic carbocycles. The maximum atomic E-state index is 10.7. The van der Waals surface area contributed by atoms with Gasteiger partial charge in [0.1, 0.15) is 5.69 Å². The van der Waals surface area contributed by atoms with E-state index in [2.05, 4.69) is 10.5 Å². The molecular formula is C9H10N2O3. The summed E-state index contributed by atoms with van der Waals surface area (Å²) >= 11 is 0. The minimum absolute atomic E-state index is 0.0563. The van der Waals surface area contributed by atoms with Crippen molar-refractivity contribution in [3.63, 3.8) is 0 Å². The van der Waals surface area contributed by atoms with Crippen molar-refractivity contribution in [2.45, 2.75) is 6.92 Å². The van der Waals surface area contributed by atoms with Crippen LogP contribution in [-0.4, -0.2) is 17.6 Å². The standard InChI is InChI=1S/C9H10N2O3/c1-2-10-6-3-4-8(11-14)7(5-6)9(12)13/h3-5,10H,2H2,1H3,(H,12,13). The molecule has 0 aliphatic carbocycles. The van der Waals surface area contributed by atoms with Crippen LogP contribution in [0.4, 0.5) is 11.4 Å². The van der Waals surface area contributed by atoms with E-state index in [4.69, 9.17) is 5.11 Å². The fraction of sp³-hybridized carbons (Fsp3) is 0.222. The Morgan fingerprint density at radius 3 is 2.79 bits per heavy atom. The SMILES string of the molecule is CCNc1ccc(N=O)c(C(=O)O)c1. The molecule has 0 atom stereocenters. The number of aromatic carboxylic acids is 1. The van der Waals surface area contributed by atoms with E-state index in [-0.39, 0.29) is 11.3 Å². The molecule has 0 unspecified atom stereocenters. The van der Waals surface area contributed by atoms with Crippen molar-refractivity contribution in [1.29, 1.82) is 0 Å². The van der Waals surface area contributed by atoms with Crippen LogP contribution in [0, 0.1) is 4.91 Å². The molecule has 5 nitrogen and oxygen atoms in total. The molecule has 0 saturated heterocycles. The summed E-state index contributed by atoms with van der Waals surface area (Å²) in [4.78, 5) is 21.0. The van der Waals surface area contributed by atoms with Crippen LogP contribution in [-0.2, 0) is 0 Å². The summed E-state index contributed by atoms with van der Waals surface area (Å²) in [5.74, 6) is -1.15. The maximum Gasteiger partial charge on any atom is 0.338 e. The minimum Gasteiger partial charge on any atom is -0.478 e. The van der Waals surface area contributed by atoms with Crippen LogP contribution in [0.1, 0.15) is 17.3 Å². The number of carboxylic acids is 1. The van der Waals surface area contributed by atoms with Crippen LogP contribution in [0.2, 0.25) is 0 Å². The first-order valence-electron chi connectivity index (χ1n) is 4.13. The Hall–Kier alpha value is -1.91. The van der Waals surface area contributed by atoms with Crippen molar-refractivity contribution in [2.75, 3.05) is 11.9 Å². The lowest BCUT2D eigenvalue weighted by molar-refractivity contribution is 0.0698. The van der Waals surface area contributed by atoms with E-state index in [9.17, 15) is 9.70 Å². The zero-order chi connectivity index (χ0) is 10.6. The highest BCUT2D eigenvalue weighted by atomic mass is 16.4. The number of carboxylic acid groups (broad SMARTS) is 1. The normalized spacial score (nSPS) is 9.50. The molecule has 2 N–H and O–H groups in total. The van der Waals surface area contributed by atoms with Crippen LogP contribution in [0.5, 0.6) is 0 Å². The van der Waals surface area contributed by atoms with Gasteiger partial charge in [0.25, 0.3) is 0 Å². The van der Waals surface area contributed by atoms with E-state index >= 15 is 0 Å². The first kappa shape index (κ1) is 10.2. The summed E-state index contributed by atoms with van der Waals surface area (Å²) in [6, 6.07) is 4.39. The second kappa shape index (κ2) is 4.36. The largest absolute Gasteiger partial charge is 0.478 e. The van der Waals surface area contributed by atoms with Gasteiger partial charge in [-0.1, -0.05) is 0 Å². The van der Waals surface area contributed by atoms with Gasteiger partial charge in [0.2, 0.25) is 0 Å². The van der Waals surface area contributed by atoms with Gasteiger partial charge in [-0.25, -0.2) is 4.79 Å². The Kier molecular flexibility index (Phi) is 3.17. The zero-order valence-electron chi connectivity index (χ0n) is 7.65. The highest BCUT2D eigenvalue weighted by molar-refractivity contribution is 5.94. The average molecular weight is 194 g/mol. The summed E-state index contributed by atoms with van der Waals surface area (Å²) in [6.45, 7) is 2.58. The van der Waals surface area contributed by atoms with Crippen molar-refractivity contribution >= 4 is 17.3 Å². The average Bonchev–Trinajstić information content (AvgIpc) is 2.18. The number of rotatable bonds is 4. The summed E-state index contributed by atoms with van der Waals surface area (Å²) in [5.41, 5.74) is 0.523. The van der Waals surface area contributed by atoms with Crippen molar-refractivity contribution in [2.24, 2.45) is 5.18 Å². The summed E-state index contributed by atoms with van der Waals surface area (Å²) < 4.78 is 0. The molecule has 0 spiro atoms. The monoisotopic (exact) mass is 194 g/mol. The molecule has 5 heteroatoms. The Balaban J connectivity index is 3.13. The first-order valence-corrected chi connectivity index (χ1v) is 4.13. The number of anilines is 1. The topological polar surface area (TPSA) is 78.8 Å². The molecule has 0 fully saturated rings. The molecule has 0 amide bonds. The van der Waals surface area contributed by atoms with Gasteiger partial charge in [-0.15, -0.1) is 4.91 Å². The number of hydrogen-bond acceptors (Lipinski definition) is 4. The van der Waals surface area contributed by atoms with E-state index < -0.39 is 5.97 Å². The Morgan fingerprint density at radius 1 is 1.57 bits per heavy atom. The molecule has 0 aromatic heterocycles. The van der Waals surface area contributed by atoms with E-state index in [1.54, 1.807) is 6.07 Å². The lowest BCUT2D eigenvalue weighted by Gasteiger charge is -2.04. The molecule has 1 rings (SSSR count). The van der Waals surface area contributed by atoms with Crippen LogP contribution < -0.4 is 5.32 Å². The highest BCUT2D eigenvalue weighted by Gasteiger charge is 2.10. The third kappa shape index (κ3) is 2.07. The van der Waals surface area contributed by atoms with Crippen molar-refractivity contribution in [1.82, 2.24) is 0 Å². The summed E-state index contributed by atoms with van der Waals surface area (Å²) in [5, 5.41) is 14.3. The smallest absolute Gasteiger partial charge is 0.338 e. The third-order valence-electron chi connectivity index (χ3n) is 1.71. The second-order valence-electron chi connectivity index (χ2n) is 2.66.